The maximum atomic E-state index is 11.3. The number of unbranched alkanes of at least 4 members (excludes halogenated alkanes) is 3. The SMILES string of the molecule is CCCCCC=CCC(O)C=CC(O)C1CC1C1CCCC(=O)O1. The summed E-state index contributed by atoms with van der Waals surface area (Å²) < 4.78 is 5.38. The van der Waals surface area contributed by atoms with Crippen LogP contribution in [0.4, 0.5) is 0 Å². The number of hydrogen-bond acceptors (Lipinski definition) is 4. The fourth-order valence-corrected chi connectivity index (χ4v) is 3.42. The average molecular weight is 336 g/mol. The standard InChI is InChI=1S/C20H32O4/c1-2-3-4-5-6-7-9-15(21)12-13-18(22)16-14-17(16)19-10-8-11-20(23)24-19/h6-7,12-13,15-19,21-22H,2-5,8-11,14H2,1H3. The Bertz CT molecular complexity index is 443. The third-order valence-electron chi connectivity index (χ3n) is 5.01. The molecule has 0 aromatic rings. The Labute approximate surface area is 145 Å². The van der Waals surface area contributed by atoms with Crippen molar-refractivity contribution in [1.82, 2.24) is 0 Å². The van der Waals surface area contributed by atoms with Gasteiger partial charge in [0.15, 0.2) is 0 Å². The van der Waals surface area contributed by atoms with Crippen molar-refractivity contribution in [3.63, 3.8) is 0 Å². The van der Waals surface area contributed by atoms with E-state index < -0.39 is 12.2 Å². The van der Waals surface area contributed by atoms with Crippen LogP contribution in [-0.2, 0) is 9.53 Å². The molecule has 5 atom stereocenters. The van der Waals surface area contributed by atoms with E-state index in [4.69, 9.17) is 4.74 Å². The lowest BCUT2D eigenvalue weighted by atomic mass is 10.0. The number of cyclic esters (lactones) is 1. The summed E-state index contributed by atoms with van der Waals surface area (Å²) >= 11 is 0. The maximum absolute atomic E-state index is 11.3. The molecule has 24 heavy (non-hydrogen) atoms. The van der Waals surface area contributed by atoms with Gasteiger partial charge in [-0.15, -0.1) is 0 Å². The summed E-state index contributed by atoms with van der Waals surface area (Å²) in [7, 11) is 0. The monoisotopic (exact) mass is 336 g/mol. The van der Waals surface area contributed by atoms with Crippen molar-refractivity contribution in [2.75, 3.05) is 0 Å². The summed E-state index contributed by atoms with van der Waals surface area (Å²) in [5.74, 6) is 0.335. The van der Waals surface area contributed by atoms with Crippen LogP contribution in [0.3, 0.4) is 0 Å². The maximum Gasteiger partial charge on any atom is 0.306 e. The molecule has 1 aliphatic heterocycles. The highest BCUT2D eigenvalue weighted by atomic mass is 16.5. The van der Waals surface area contributed by atoms with Crippen molar-refractivity contribution >= 4 is 5.97 Å². The van der Waals surface area contributed by atoms with Crippen molar-refractivity contribution in [3.8, 4) is 0 Å². The first-order valence-corrected chi connectivity index (χ1v) is 9.50. The molecule has 1 saturated carbocycles. The second-order valence-electron chi connectivity index (χ2n) is 7.13. The lowest BCUT2D eigenvalue weighted by Gasteiger charge is -2.22. The molecule has 2 fully saturated rings. The van der Waals surface area contributed by atoms with Crippen LogP contribution < -0.4 is 0 Å². The summed E-state index contributed by atoms with van der Waals surface area (Å²) in [4.78, 5) is 11.3. The summed E-state index contributed by atoms with van der Waals surface area (Å²) in [5, 5.41) is 20.2. The van der Waals surface area contributed by atoms with Crippen LogP contribution in [-0.4, -0.2) is 34.5 Å². The van der Waals surface area contributed by atoms with Crippen molar-refractivity contribution in [2.45, 2.75) is 83.0 Å². The zero-order valence-electron chi connectivity index (χ0n) is 14.8. The molecule has 136 valence electrons. The second-order valence-corrected chi connectivity index (χ2v) is 7.13. The number of hydrogen-bond donors (Lipinski definition) is 2. The summed E-state index contributed by atoms with van der Waals surface area (Å²) in [6, 6.07) is 0. The molecule has 2 rings (SSSR count). The molecule has 1 saturated heterocycles. The van der Waals surface area contributed by atoms with Gasteiger partial charge in [0.25, 0.3) is 0 Å². The minimum absolute atomic E-state index is 0.0183. The molecule has 2 aliphatic rings. The van der Waals surface area contributed by atoms with Gasteiger partial charge in [-0.3, -0.25) is 4.79 Å². The first-order chi connectivity index (χ1) is 11.6. The minimum Gasteiger partial charge on any atom is -0.462 e. The molecule has 4 heteroatoms. The molecular formula is C20H32O4. The van der Waals surface area contributed by atoms with Crippen molar-refractivity contribution in [1.29, 1.82) is 0 Å². The number of aliphatic hydroxyl groups excluding tert-OH is 2. The zero-order chi connectivity index (χ0) is 17.4. The smallest absolute Gasteiger partial charge is 0.306 e. The molecule has 1 heterocycles. The van der Waals surface area contributed by atoms with Crippen LogP contribution in [0, 0.1) is 11.8 Å². The Balaban J connectivity index is 1.64. The first kappa shape index (κ1) is 19.2. The van der Waals surface area contributed by atoms with E-state index in [1.54, 1.807) is 12.2 Å². The van der Waals surface area contributed by atoms with E-state index in [1.807, 2.05) is 6.08 Å². The van der Waals surface area contributed by atoms with Gasteiger partial charge >= 0.3 is 5.97 Å². The minimum atomic E-state index is -0.557. The van der Waals surface area contributed by atoms with Gasteiger partial charge in [-0.1, -0.05) is 44.1 Å². The fourth-order valence-electron chi connectivity index (χ4n) is 3.42. The van der Waals surface area contributed by atoms with Crippen LogP contribution in [0.5, 0.6) is 0 Å². The van der Waals surface area contributed by atoms with Gasteiger partial charge < -0.3 is 14.9 Å². The molecule has 0 spiro atoms. The normalized spacial score (nSPS) is 29.8. The van der Waals surface area contributed by atoms with Crippen LogP contribution in [0.2, 0.25) is 0 Å². The van der Waals surface area contributed by atoms with Gasteiger partial charge in [-0.2, -0.15) is 0 Å². The van der Waals surface area contributed by atoms with Gasteiger partial charge in [0.05, 0.1) is 12.2 Å². The van der Waals surface area contributed by atoms with Crippen LogP contribution in [0.25, 0.3) is 0 Å². The highest BCUT2D eigenvalue weighted by Crippen LogP contribution is 2.47. The molecule has 0 aromatic heterocycles. The highest BCUT2D eigenvalue weighted by molar-refractivity contribution is 5.70. The third kappa shape index (κ3) is 6.40. The molecule has 0 amide bonds. The zero-order valence-corrected chi connectivity index (χ0v) is 14.8. The number of allylic oxidation sites excluding steroid dienone is 1. The summed E-state index contributed by atoms with van der Waals surface area (Å²) in [5.41, 5.74) is 0. The van der Waals surface area contributed by atoms with E-state index in [-0.39, 0.29) is 23.9 Å². The Morgan fingerprint density at radius 3 is 2.83 bits per heavy atom. The number of rotatable bonds is 10. The Morgan fingerprint density at radius 1 is 1.25 bits per heavy atom. The molecule has 0 radical (unpaired) electrons. The van der Waals surface area contributed by atoms with Gasteiger partial charge in [-0.25, -0.2) is 0 Å². The largest absolute Gasteiger partial charge is 0.462 e. The van der Waals surface area contributed by atoms with Crippen molar-refractivity contribution in [3.05, 3.63) is 24.3 Å². The molecule has 5 unspecified atom stereocenters. The second kappa shape index (κ2) is 10.00. The molecule has 2 N–H and O–H groups in total. The van der Waals surface area contributed by atoms with Gasteiger partial charge in [0.2, 0.25) is 0 Å². The average Bonchev–Trinajstić information content (AvgIpc) is 3.36. The number of carbonyl (C=O) groups excluding carboxylic acids is 1. The number of aliphatic hydroxyl groups is 2. The van der Waals surface area contributed by atoms with Gasteiger partial charge in [0.1, 0.15) is 6.10 Å². The number of esters is 1. The Morgan fingerprint density at radius 2 is 2.08 bits per heavy atom. The van der Waals surface area contributed by atoms with E-state index in [2.05, 4.69) is 13.0 Å². The predicted octanol–water partition coefficient (Wildman–Crippen LogP) is 3.52. The quantitative estimate of drug-likeness (QED) is 0.364. The summed E-state index contributed by atoms with van der Waals surface area (Å²) in [6.07, 6.45) is 14.9. The van der Waals surface area contributed by atoms with Crippen LogP contribution in [0.1, 0.15) is 64.7 Å². The molecule has 1 aliphatic carbocycles. The lowest BCUT2D eigenvalue weighted by Crippen LogP contribution is -2.27. The van der Waals surface area contributed by atoms with E-state index >= 15 is 0 Å². The summed E-state index contributed by atoms with van der Waals surface area (Å²) in [6.45, 7) is 2.19. The van der Waals surface area contributed by atoms with Crippen LogP contribution >= 0.6 is 0 Å². The first-order valence-electron chi connectivity index (χ1n) is 9.50. The predicted molar refractivity (Wildman–Crippen MR) is 94.4 cm³/mol. The third-order valence-corrected chi connectivity index (χ3v) is 5.01. The molecule has 0 aromatic carbocycles. The fraction of sp³-hybridized carbons (Fsp3) is 0.750. The molecular weight excluding hydrogens is 304 g/mol. The molecule has 0 bridgehead atoms. The highest BCUT2D eigenvalue weighted by Gasteiger charge is 2.48. The Hall–Kier alpha value is -1.13. The van der Waals surface area contributed by atoms with E-state index in [9.17, 15) is 15.0 Å². The van der Waals surface area contributed by atoms with Crippen molar-refractivity contribution in [2.24, 2.45) is 11.8 Å². The lowest BCUT2D eigenvalue weighted by molar-refractivity contribution is -0.155. The van der Waals surface area contributed by atoms with E-state index in [0.29, 0.717) is 12.8 Å². The van der Waals surface area contributed by atoms with E-state index in [1.165, 1.54) is 19.3 Å². The number of carbonyl (C=O) groups is 1. The van der Waals surface area contributed by atoms with Crippen LogP contribution in [0.15, 0.2) is 24.3 Å². The van der Waals surface area contributed by atoms with Gasteiger partial charge in [-0.05, 0) is 44.4 Å². The van der Waals surface area contributed by atoms with E-state index in [0.717, 1.165) is 25.7 Å². The number of ether oxygens (including phenoxy) is 1. The van der Waals surface area contributed by atoms with Crippen molar-refractivity contribution < 1.29 is 19.7 Å². The Kier molecular flexibility index (Phi) is 8.00. The van der Waals surface area contributed by atoms with Gasteiger partial charge in [0, 0.05) is 12.3 Å². The topological polar surface area (TPSA) is 66.8 Å². The molecule has 4 nitrogen and oxygen atoms in total.